The van der Waals surface area contributed by atoms with E-state index in [1.165, 1.54) is 5.56 Å². The van der Waals surface area contributed by atoms with Crippen LogP contribution < -0.4 is 9.64 Å². The molecule has 0 saturated carbocycles. The molecule has 0 aliphatic carbocycles. The van der Waals surface area contributed by atoms with Gasteiger partial charge >= 0.3 is 0 Å². The third kappa shape index (κ3) is 1.78. The van der Waals surface area contributed by atoms with Crippen LogP contribution in [-0.4, -0.2) is 30.8 Å². The van der Waals surface area contributed by atoms with E-state index in [2.05, 4.69) is 0 Å². The summed E-state index contributed by atoms with van der Waals surface area (Å²) in [6.07, 6.45) is 1.36. The minimum atomic E-state index is 0.0759. The van der Waals surface area contributed by atoms with Gasteiger partial charge in [-0.3, -0.25) is 4.79 Å². The van der Waals surface area contributed by atoms with E-state index in [-0.39, 0.29) is 18.4 Å². The summed E-state index contributed by atoms with van der Waals surface area (Å²) in [7, 11) is 0. The molecule has 17 heavy (non-hydrogen) atoms. The van der Waals surface area contributed by atoms with Crippen LogP contribution in [-0.2, 0) is 11.2 Å². The number of rotatable bonds is 2. The summed E-state index contributed by atoms with van der Waals surface area (Å²) in [6.45, 7) is 1.43. The molecule has 0 bridgehead atoms. The summed E-state index contributed by atoms with van der Waals surface area (Å²) in [4.78, 5) is 13.6. The second kappa shape index (κ2) is 4.04. The molecule has 2 heterocycles. The van der Waals surface area contributed by atoms with Crippen LogP contribution in [0.25, 0.3) is 0 Å². The summed E-state index contributed by atoms with van der Waals surface area (Å²) >= 11 is 0. The highest BCUT2D eigenvalue weighted by Gasteiger charge is 2.30. The molecule has 2 aliphatic heterocycles. The van der Waals surface area contributed by atoms with Crippen molar-refractivity contribution in [2.75, 3.05) is 24.7 Å². The van der Waals surface area contributed by atoms with Crippen LogP contribution in [0.3, 0.4) is 0 Å². The number of ether oxygens (including phenoxy) is 1. The van der Waals surface area contributed by atoms with E-state index in [0.717, 1.165) is 24.5 Å². The summed E-state index contributed by atoms with van der Waals surface area (Å²) in [6, 6.07) is 5.87. The quantitative estimate of drug-likeness (QED) is 0.828. The number of amides is 1. The minimum absolute atomic E-state index is 0.0759. The Morgan fingerprint density at radius 2 is 2.35 bits per heavy atom. The predicted octanol–water partition coefficient (Wildman–Crippen LogP) is 0.967. The normalized spacial score (nSPS) is 22.8. The van der Waals surface area contributed by atoms with Crippen LogP contribution in [0.2, 0.25) is 0 Å². The smallest absolute Gasteiger partial charge is 0.227 e. The molecule has 1 fully saturated rings. The van der Waals surface area contributed by atoms with E-state index in [1.54, 1.807) is 4.90 Å². The largest absolute Gasteiger partial charge is 0.493 e. The van der Waals surface area contributed by atoms with Crippen molar-refractivity contribution in [1.29, 1.82) is 0 Å². The van der Waals surface area contributed by atoms with Gasteiger partial charge in [-0.05, 0) is 23.8 Å². The summed E-state index contributed by atoms with van der Waals surface area (Å²) < 4.78 is 5.44. The third-order valence-electron chi connectivity index (χ3n) is 3.45. The summed E-state index contributed by atoms with van der Waals surface area (Å²) in [5.41, 5.74) is 2.10. The van der Waals surface area contributed by atoms with Crippen molar-refractivity contribution in [3.8, 4) is 5.75 Å². The third-order valence-corrected chi connectivity index (χ3v) is 3.45. The summed E-state index contributed by atoms with van der Waals surface area (Å²) in [5, 5.41) is 9.10. The molecule has 1 N–H and O–H groups in total. The number of anilines is 1. The van der Waals surface area contributed by atoms with Gasteiger partial charge in [0.2, 0.25) is 5.91 Å². The van der Waals surface area contributed by atoms with Crippen molar-refractivity contribution in [1.82, 2.24) is 0 Å². The first kappa shape index (κ1) is 10.6. The molecule has 0 radical (unpaired) electrons. The monoisotopic (exact) mass is 233 g/mol. The first-order chi connectivity index (χ1) is 8.28. The van der Waals surface area contributed by atoms with E-state index >= 15 is 0 Å². The lowest BCUT2D eigenvalue weighted by atomic mass is 10.1. The van der Waals surface area contributed by atoms with Gasteiger partial charge in [0.15, 0.2) is 0 Å². The Morgan fingerprint density at radius 1 is 1.47 bits per heavy atom. The van der Waals surface area contributed by atoms with E-state index in [9.17, 15) is 4.79 Å². The molecule has 1 unspecified atom stereocenters. The van der Waals surface area contributed by atoms with Crippen molar-refractivity contribution >= 4 is 11.6 Å². The fourth-order valence-electron chi connectivity index (χ4n) is 2.49. The number of hydrogen-bond donors (Lipinski definition) is 1. The molecule has 0 aromatic heterocycles. The zero-order valence-electron chi connectivity index (χ0n) is 9.56. The highest BCUT2D eigenvalue weighted by atomic mass is 16.5. The van der Waals surface area contributed by atoms with E-state index in [0.29, 0.717) is 13.0 Å². The fourth-order valence-corrected chi connectivity index (χ4v) is 2.49. The maximum Gasteiger partial charge on any atom is 0.227 e. The van der Waals surface area contributed by atoms with Crippen LogP contribution in [0.5, 0.6) is 5.75 Å². The molecule has 1 aromatic rings. The van der Waals surface area contributed by atoms with Gasteiger partial charge in [-0.25, -0.2) is 0 Å². The average molecular weight is 233 g/mol. The Bertz CT molecular complexity index is 458. The number of fused-ring (bicyclic) bond motifs is 1. The predicted molar refractivity (Wildman–Crippen MR) is 63.2 cm³/mol. The molecule has 1 amide bonds. The van der Waals surface area contributed by atoms with Crippen molar-refractivity contribution in [2.24, 2.45) is 5.92 Å². The number of benzene rings is 1. The second-order valence-electron chi connectivity index (χ2n) is 4.65. The topological polar surface area (TPSA) is 49.8 Å². The number of hydrogen-bond acceptors (Lipinski definition) is 3. The summed E-state index contributed by atoms with van der Waals surface area (Å²) in [5.74, 6) is 1.11. The van der Waals surface area contributed by atoms with Gasteiger partial charge in [0.1, 0.15) is 5.75 Å². The van der Waals surface area contributed by atoms with E-state index in [1.807, 2.05) is 18.2 Å². The molecule has 1 saturated heterocycles. The molecule has 0 spiro atoms. The number of nitrogens with zero attached hydrogens (tertiary/aromatic N) is 1. The molecule has 4 nitrogen and oxygen atoms in total. The lowest BCUT2D eigenvalue weighted by molar-refractivity contribution is -0.117. The van der Waals surface area contributed by atoms with Gasteiger partial charge in [0.05, 0.1) is 6.61 Å². The van der Waals surface area contributed by atoms with Crippen LogP contribution in [0, 0.1) is 5.92 Å². The van der Waals surface area contributed by atoms with Crippen molar-refractivity contribution in [3.05, 3.63) is 23.8 Å². The Morgan fingerprint density at radius 3 is 3.12 bits per heavy atom. The van der Waals surface area contributed by atoms with Crippen LogP contribution >= 0.6 is 0 Å². The zero-order chi connectivity index (χ0) is 11.8. The maximum atomic E-state index is 11.8. The first-order valence-corrected chi connectivity index (χ1v) is 5.95. The number of carbonyl (C=O) groups excluding carboxylic acids is 1. The van der Waals surface area contributed by atoms with Gasteiger partial charge in [-0.1, -0.05) is 0 Å². The van der Waals surface area contributed by atoms with Gasteiger partial charge in [0, 0.05) is 37.6 Å². The molecular formula is C13H15NO3. The fraction of sp³-hybridized carbons (Fsp3) is 0.462. The Balaban J connectivity index is 1.87. The molecule has 90 valence electrons. The van der Waals surface area contributed by atoms with Crippen molar-refractivity contribution in [3.63, 3.8) is 0 Å². The number of carbonyl (C=O) groups is 1. The Hall–Kier alpha value is -1.55. The van der Waals surface area contributed by atoms with Crippen LogP contribution in [0.15, 0.2) is 18.2 Å². The first-order valence-electron chi connectivity index (χ1n) is 5.95. The Kier molecular flexibility index (Phi) is 2.52. The lowest BCUT2D eigenvalue weighted by Gasteiger charge is -2.17. The zero-order valence-corrected chi connectivity index (χ0v) is 9.56. The van der Waals surface area contributed by atoms with E-state index < -0.39 is 0 Å². The van der Waals surface area contributed by atoms with Gasteiger partial charge in [0.25, 0.3) is 0 Å². The molecule has 3 rings (SSSR count). The van der Waals surface area contributed by atoms with Crippen LogP contribution in [0.1, 0.15) is 12.0 Å². The molecule has 4 heteroatoms. The average Bonchev–Trinajstić information content (AvgIpc) is 2.93. The highest BCUT2D eigenvalue weighted by molar-refractivity contribution is 5.95. The minimum Gasteiger partial charge on any atom is -0.493 e. The molecular weight excluding hydrogens is 218 g/mol. The van der Waals surface area contributed by atoms with Crippen molar-refractivity contribution < 1.29 is 14.6 Å². The lowest BCUT2D eigenvalue weighted by Crippen LogP contribution is -2.24. The Labute approximate surface area is 99.8 Å². The molecule has 1 atom stereocenters. The SMILES string of the molecule is O=C1CC(CO)CN1c1ccc2c(c1)CCO2. The van der Waals surface area contributed by atoms with Crippen LogP contribution in [0.4, 0.5) is 5.69 Å². The molecule has 1 aromatic carbocycles. The number of aliphatic hydroxyl groups is 1. The van der Waals surface area contributed by atoms with Crippen molar-refractivity contribution in [2.45, 2.75) is 12.8 Å². The molecule has 2 aliphatic rings. The van der Waals surface area contributed by atoms with Gasteiger partial charge in [-0.15, -0.1) is 0 Å². The number of aliphatic hydroxyl groups excluding tert-OH is 1. The maximum absolute atomic E-state index is 11.8. The van der Waals surface area contributed by atoms with Gasteiger partial charge < -0.3 is 14.7 Å². The second-order valence-corrected chi connectivity index (χ2v) is 4.65. The van der Waals surface area contributed by atoms with Gasteiger partial charge in [-0.2, -0.15) is 0 Å². The highest BCUT2D eigenvalue weighted by Crippen LogP contribution is 2.32. The standard InChI is InChI=1S/C13H15NO3/c15-8-9-5-13(16)14(7-9)11-1-2-12-10(6-11)3-4-17-12/h1-2,6,9,15H,3-5,7-8H2. The van der Waals surface area contributed by atoms with E-state index in [4.69, 9.17) is 9.84 Å².